The lowest BCUT2D eigenvalue weighted by Crippen LogP contribution is -2.37. The van der Waals surface area contributed by atoms with E-state index in [4.69, 9.17) is 0 Å². The Kier molecular flexibility index (Phi) is 8.96. The van der Waals surface area contributed by atoms with E-state index in [1.165, 1.54) is 33.1 Å². The summed E-state index contributed by atoms with van der Waals surface area (Å²) < 4.78 is 39.5. The van der Waals surface area contributed by atoms with Crippen molar-refractivity contribution in [3.63, 3.8) is 0 Å². The summed E-state index contributed by atoms with van der Waals surface area (Å²) in [6.07, 6.45) is 5.93. The fourth-order valence-electron chi connectivity index (χ4n) is 3.23. The van der Waals surface area contributed by atoms with Crippen molar-refractivity contribution in [3.05, 3.63) is 0 Å². The predicted octanol–water partition coefficient (Wildman–Crippen LogP) is 7.52. The summed E-state index contributed by atoms with van der Waals surface area (Å²) in [5, 5.41) is 0. The summed E-state index contributed by atoms with van der Waals surface area (Å²) in [6, 6.07) is 0. The van der Waals surface area contributed by atoms with Gasteiger partial charge in [-0.1, -0.05) is 79.6 Å². The van der Waals surface area contributed by atoms with E-state index in [0.29, 0.717) is 0 Å². The number of unbranched alkanes of at least 4 members (excludes halogenated alkanes) is 5. The molecule has 0 spiro atoms. The number of alkyl halides is 3. The van der Waals surface area contributed by atoms with Crippen LogP contribution < -0.4 is 0 Å². The third kappa shape index (κ3) is 8.11. The van der Waals surface area contributed by atoms with Gasteiger partial charge in [-0.3, -0.25) is 0 Å². The number of hydrogen-bond donors (Lipinski definition) is 0. The van der Waals surface area contributed by atoms with Gasteiger partial charge in [-0.05, 0) is 24.7 Å². The quantitative estimate of drug-likeness (QED) is 0.346. The molecule has 21 heavy (non-hydrogen) atoms. The smallest absolute Gasteiger partial charge is 0.171 e. The topological polar surface area (TPSA) is 0 Å². The Morgan fingerprint density at radius 2 is 1.14 bits per heavy atom. The first-order chi connectivity index (χ1) is 9.58. The molecule has 0 nitrogen and oxygen atoms in total. The average Bonchev–Trinajstić information content (AvgIpc) is 2.34. The molecule has 0 amide bonds. The molecule has 0 N–H and O–H groups in total. The fraction of sp³-hybridized carbons (Fsp3) is 1.00. The van der Waals surface area contributed by atoms with Crippen molar-refractivity contribution in [1.29, 1.82) is 0 Å². The van der Waals surface area contributed by atoms with E-state index in [2.05, 4.69) is 20.8 Å². The molecule has 0 aliphatic heterocycles. The van der Waals surface area contributed by atoms with Gasteiger partial charge in [0.25, 0.3) is 0 Å². The summed E-state index contributed by atoms with van der Waals surface area (Å²) in [5.41, 5.74) is -1.76. The van der Waals surface area contributed by atoms with Crippen LogP contribution in [0.15, 0.2) is 0 Å². The molecular formula is C18H35F3. The lowest BCUT2D eigenvalue weighted by Gasteiger charge is -2.39. The second-order valence-electron chi connectivity index (χ2n) is 7.64. The Labute approximate surface area is 129 Å². The number of rotatable bonds is 11. The first-order valence-corrected chi connectivity index (χ1v) is 8.65. The van der Waals surface area contributed by atoms with Crippen LogP contribution in [0.4, 0.5) is 13.2 Å². The zero-order chi connectivity index (χ0) is 16.6. The van der Waals surface area contributed by atoms with Crippen molar-refractivity contribution in [2.45, 2.75) is 105 Å². The summed E-state index contributed by atoms with van der Waals surface area (Å²) in [5.74, 6) is 0. The molecule has 1 atom stereocenters. The molecule has 128 valence electrons. The lowest BCUT2D eigenvalue weighted by atomic mass is 9.68. The van der Waals surface area contributed by atoms with Crippen LogP contribution in [-0.2, 0) is 0 Å². The maximum Gasteiger partial charge on any atom is 0.393 e. The summed E-state index contributed by atoms with van der Waals surface area (Å²) in [6.45, 7) is 9.06. The van der Waals surface area contributed by atoms with E-state index in [1.54, 1.807) is 0 Å². The van der Waals surface area contributed by atoms with Crippen LogP contribution in [0.3, 0.4) is 0 Å². The lowest BCUT2D eigenvalue weighted by molar-refractivity contribution is -0.222. The van der Waals surface area contributed by atoms with Gasteiger partial charge in [0.2, 0.25) is 0 Å². The Hall–Kier alpha value is -0.210. The van der Waals surface area contributed by atoms with Gasteiger partial charge in [0.15, 0.2) is 0 Å². The standard InChI is InChI=1S/C18H35F3/c1-6-8-10-11-12-14-17(5,13-9-7-2)15-16(3,4)18(19,20)21/h6-15H2,1-5H3. The molecule has 0 bridgehead atoms. The van der Waals surface area contributed by atoms with Crippen LogP contribution in [0.2, 0.25) is 0 Å². The van der Waals surface area contributed by atoms with Gasteiger partial charge in [0, 0.05) is 0 Å². The highest BCUT2D eigenvalue weighted by Gasteiger charge is 2.50. The van der Waals surface area contributed by atoms with Crippen molar-refractivity contribution < 1.29 is 13.2 Å². The average molecular weight is 308 g/mol. The van der Waals surface area contributed by atoms with E-state index in [9.17, 15) is 13.2 Å². The highest BCUT2D eigenvalue weighted by Crippen LogP contribution is 2.49. The highest BCUT2D eigenvalue weighted by molar-refractivity contribution is 4.86. The van der Waals surface area contributed by atoms with Crippen LogP contribution in [0.5, 0.6) is 0 Å². The van der Waals surface area contributed by atoms with Gasteiger partial charge in [0.1, 0.15) is 0 Å². The van der Waals surface area contributed by atoms with Crippen molar-refractivity contribution in [2.75, 3.05) is 0 Å². The Morgan fingerprint density at radius 3 is 1.62 bits per heavy atom. The van der Waals surface area contributed by atoms with Gasteiger partial charge >= 0.3 is 6.18 Å². The first-order valence-electron chi connectivity index (χ1n) is 8.65. The van der Waals surface area contributed by atoms with E-state index in [0.717, 1.165) is 38.5 Å². The molecule has 0 aliphatic carbocycles. The monoisotopic (exact) mass is 308 g/mol. The molecule has 0 radical (unpaired) electrons. The maximum absolute atomic E-state index is 13.2. The Bertz CT molecular complexity index is 268. The van der Waals surface area contributed by atoms with E-state index >= 15 is 0 Å². The predicted molar refractivity (Wildman–Crippen MR) is 85.5 cm³/mol. The number of hydrogen-bond acceptors (Lipinski definition) is 0. The molecule has 0 aromatic carbocycles. The highest BCUT2D eigenvalue weighted by atomic mass is 19.4. The molecule has 0 aliphatic rings. The molecule has 0 aromatic rings. The first kappa shape index (κ1) is 20.8. The second-order valence-corrected chi connectivity index (χ2v) is 7.64. The molecule has 0 aromatic heterocycles. The molecule has 0 saturated carbocycles. The molecule has 0 fully saturated rings. The minimum atomic E-state index is -4.11. The van der Waals surface area contributed by atoms with E-state index < -0.39 is 11.6 Å². The van der Waals surface area contributed by atoms with Crippen LogP contribution in [0, 0.1) is 10.8 Å². The number of halogens is 3. The van der Waals surface area contributed by atoms with Crippen LogP contribution in [-0.4, -0.2) is 6.18 Å². The molecular weight excluding hydrogens is 273 g/mol. The van der Waals surface area contributed by atoms with Gasteiger partial charge in [-0.15, -0.1) is 0 Å². The maximum atomic E-state index is 13.2. The third-order valence-electron chi connectivity index (χ3n) is 4.65. The summed E-state index contributed by atoms with van der Waals surface area (Å²) in [4.78, 5) is 0. The minimum Gasteiger partial charge on any atom is -0.171 e. The molecule has 3 heteroatoms. The second kappa shape index (κ2) is 9.05. The normalized spacial score (nSPS) is 16.0. The minimum absolute atomic E-state index is 0.179. The Balaban J connectivity index is 4.60. The largest absolute Gasteiger partial charge is 0.393 e. The summed E-state index contributed by atoms with van der Waals surface area (Å²) >= 11 is 0. The van der Waals surface area contributed by atoms with Gasteiger partial charge in [0.05, 0.1) is 5.41 Å². The van der Waals surface area contributed by atoms with Crippen molar-refractivity contribution >= 4 is 0 Å². The molecule has 0 rings (SSSR count). The van der Waals surface area contributed by atoms with Gasteiger partial charge < -0.3 is 0 Å². The molecule has 0 heterocycles. The van der Waals surface area contributed by atoms with Crippen LogP contribution in [0.1, 0.15) is 98.8 Å². The van der Waals surface area contributed by atoms with Crippen LogP contribution >= 0.6 is 0 Å². The van der Waals surface area contributed by atoms with Gasteiger partial charge in [-0.25, -0.2) is 0 Å². The SMILES string of the molecule is CCCCCCCC(C)(CCCC)CC(C)(C)C(F)(F)F. The van der Waals surface area contributed by atoms with Crippen molar-refractivity contribution in [1.82, 2.24) is 0 Å². The van der Waals surface area contributed by atoms with E-state index in [1.807, 2.05) is 0 Å². The molecule has 1 unspecified atom stereocenters. The summed E-state index contributed by atoms with van der Waals surface area (Å²) in [7, 11) is 0. The zero-order valence-corrected chi connectivity index (χ0v) is 14.7. The fourth-order valence-corrected chi connectivity index (χ4v) is 3.23. The van der Waals surface area contributed by atoms with E-state index in [-0.39, 0.29) is 11.8 Å². The van der Waals surface area contributed by atoms with Crippen molar-refractivity contribution in [3.8, 4) is 0 Å². The third-order valence-corrected chi connectivity index (χ3v) is 4.65. The van der Waals surface area contributed by atoms with Crippen LogP contribution in [0.25, 0.3) is 0 Å². The zero-order valence-electron chi connectivity index (χ0n) is 14.7. The van der Waals surface area contributed by atoms with Gasteiger partial charge in [-0.2, -0.15) is 13.2 Å². The van der Waals surface area contributed by atoms with Crippen molar-refractivity contribution in [2.24, 2.45) is 10.8 Å². The molecule has 0 saturated heterocycles. The Morgan fingerprint density at radius 1 is 0.667 bits per heavy atom.